The maximum atomic E-state index is 2.48. The molecule has 1 atom stereocenters. The molecule has 0 fully saturated rings. The highest BCUT2D eigenvalue weighted by Gasteiger charge is 2.24. The number of nitrogens with zero attached hydrogens (tertiary/aromatic N) is 1. The minimum Gasteiger partial charge on any atom is -0.299 e. The Bertz CT molecular complexity index is 518. The van der Waals surface area contributed by atoms with Crippen LogP contribution in [0.15, 0.2) is 54.6 Å². The van der Waals surface area contributed by atoms with Crippen molar-refractivity contribution >= 4 is 0 Å². The van der Waals surface area contributed by atoms with Crippen molar-refractivity contribution in [3.63, 3.8) is 0 Å². The Morgan fingerprint density at radius 3 is 2.56 bits per heavy atom. The van der Waals surface area contributed by atoms with E-state index in [1.54, 1.807) is 0 Å². The summed E-state index contributed by atoms with van der Waals surface area (Å²) in [5.74, 6) is 0. The quantitative estimate of drug-likeness (QED) is 0.773. The molecule has 1 aliphatic heterocycles. The van der Waals surface area contributed by atoms with Gasteiger partial charge in [0.15, 0.2) is 0 Å². The van der Waals surface area contributed by atoms with E-state index in [1.807, 2.05) is 0 Å². The van der Waals surface area contributed by atoms with Crippen molar-refractivity contribution < 1.29 is 0 Å². The van der Waals surface area contributed by atoms with E-state index in [4.69, 9.17) is 0 Å². The smallest absolute Gasteiger partial charge is 0.0388 e. The van der Waals surface area contributed by atoms with Gasteiger partial charge in [-0.15, -0.1) is 0 Å². The SMILES string of the molecule is CN1CCc2ccccc2[C@@H]1Cc1ccccc1. The maximum Gasteiger partial charge on any atom is 0.0388 e. The lowest BCUT2D eigenvalue weighted by Gasteiger charge is -2.34. The molecule has 0 aromatic heterocycles. The monoisotopic (exact) mass is 237 g/mol. The fraction of sp³-hybridized carbons (Fsp3) is 0.294. The van der Waals surface area contributed by atoms with Gasteiger partial charge in [-0.2, -0.15) is 0 Å². The van der Waals surface area contributed by atoms with Gasteiger partial charge in [-0.25, -0.2) is 0 Å². The van der Waals surface area contributed by atoms with Crippen LogP contribution in [-0.4, -0.2) is 18.5 Å². The van der Waals surface area contributed by atoms with Crippen LogP contribution in [0.3, 0.4) is 0 Å². The highest BCUT2D eigenvalue weighted by Crippen LogP contribution is 2.31. The molecule has 92 valence electrons. The van der Waals surface area contributed by atoms with Crippen LogP contribution in [0, 0.1) is 0 Å². The number of hydrogen-bond donors (Lipinski definition) is 0. The summed E-state index contributed by atoms with van der Waals surface area (Å²) < 4.78 is 0. The molecule has 1 aliphatic rings. The van der Waals surface area contributed by atoms with Gasteiger partial charge in [-0.05, 0) is 36.6 Å². The van der Waals surface area contributed by atoms with Gasteiger partial charge in [-0.3, -0.25) is 4.90 Å². The van der Waals surface area contributed by atoms with E-state index in [1.165, 1.54) is 23.1 Å². The summed E-state index contributed by atoms with van der Waals surface area (Å²) in [6.07, 6.45) is 2.28. The molecule has 0 N–H and O–H groups in total. The van der Waals surface area contributed by atoms with Crippen LogP contribution in [0.1, 0.15) is 22.7 Å². The van der Waals surface area contributed by atoms with Crippen LogP contribution in [0.4, 0.5) is 0 Å². The first-order chi connectivity index (χ1) is 8.84. The fourth-order valence-electron chi connectivity index (χ4n) is 2.88. The summed E-state index contributed by atoms with van der Waals surface area (Å²) in [6.45, 7) is 1.16. The molecule has 0 aliphatic carbocycles. The predicted molar refractivity (Wildman–Crippen MR) is 75.7 cm³/mol. The molecule has 2 aromatic carbocycles. The molecule has 0 saturated carbocycles. The second-order valence-corrected chi connectivity index (χ2v) is 5.13. The van der Waals surface area contributed by atoms with Gasteiger partial charge in [0.05, 0.1) is 0 Å². The number of benzene rings is 2. The van der Waals surface area contributed by atoms with Gasteiger partial charge in [0.1, 0.15) is 0 Å². The standard InChI is InChI=1S/C17H19N/c1-18-12-11-15-9-5-6-10-16(15)17(18)13-14-7-3-2-4-8-14/h2-10,17H,11-13H2,1H3/t17-/m0/s1. The third-order valence-electron chi connectivity index (χ3n) is 3.95. The van der Waals surface area contributed by atoms with Crippen molar-refractivity contribution in [2.45, 2.75) is 18.9 Å². The van der Waals surface area contributed by atoms with Gasteiger partial charge in [-0.1, -0.05) is 54.6 Å². The van der Waals surface area contributed by atoms with Crippen molar-refractivity contribution in [2.24, 2.45) is 0 Å². The molecule has 1 nitrogen and oxygen atoms in total. The summed E-state index contributed by atoms with van der Waals surface area (Å²) in [4.78, 5) is 2.48. The molecule has 0 amide bonds. The highest BCUT2D eigenvalue weighted by molar-refractivity contribution is 5.34. The second-order valence-electron chi connectivity index (χ2n) is 5.13. The first-order valence-corrected chi connectivity index (χ1v) is 6.66. The largest absolute Gasteiger partial charge is 0.299 e. The summed E-state index contributed by atoms with van der Waals surface area (Å²) >= 11 is 0. The molecule has 0 unspecified atom stereocenters. The van der Waals surface area contributed by atoms with Gasteiger partial charge >= 0.3 is 0 Å². The van der Waals surface area contributed by atoms with Gasteiger partial charge in [0.25, 0.3) is 0 Å². The molecule has 0 radical (unpaired) electrons. The van der Waals surface area contributed by atoms with E-state index >= 15 is 0 Å². The third kappa shape index (κ3) is 2.19. The summed E-state index contributed by atoms with van der Waals surface area (Å²) in [7, 11) is 2.24. The molecule has 1 heterocycles. The first-order valence-electron chi connectivity index (χ1n) is 6.66. The lowest BCUT2D eigenvalue weighted by atomic mass is 9.89. The Morgan fingerprint density at radius 1 is 1.00 bits per heavy atom. The van der Waals surface area contributed by atoms with Crippen molar-refractivity contribution in [3.8, 4) is 0 Å². The van der Waals surface area contributed by atoms with Crippen LogP contribution >= 0.6 is 0 Å². The average molecular weight is 237 g/mol. The molecule has 18 heavy (non-hydrogen) atoms. The normalized spacial score (nSPS) is 19.5. The third-order valence-corrected chi connectivity index (χ3v) is 3.95. The Morgan fingerprint density at radius 2 is 1.72 bits per heavy atom. The van der Waals surface area contributed by atoms with Crippen molar-refractivity contribution in [2.75, 3.05) is 13.6 Å². The fourth-order valence-corrected chi connectivity index (χ4v) is 2.88. The minimum atomic E-state index is 0.525. The van der Waals surface area contributed by atoms with E-state index in [0.29, 0.717) is 6.04 Å². The Labute approximate surface area is 109 Å². The van der Waals surface area contributed by atoms with Crippen LogP contribution in [-0.2, 0) is 12.8 Å². The second kappa shape index (κ2) is 4.95. The van der Waals surface area contributed by atoms with Crippen molar-refractivity contribution in [3.05, 3.63) is 71.3 Å². The minimum absolute atomic E-state index is 0.525. The number of fused-ring (bicyclic) bond motifs is 1. The zero-order valence-corrected chi connectivity index (χ0v) is 10.8. The van der Waals surface area contributed by atoms with Gasteiger partial charge in [0, 0.05) is 12.6 Å². The zero-order chi connectivity index (χ0) is 12.4. The van der Waals surface area contributed by atoms with E-state index in [-0.39, 0.29) is 0 Å². The highest BCUT2D eigenvalue weighted by atomic mass is 15.1. The Balaban J connectivity index is 1.91. The molecular formula is C17H19N. The maximum absolute atomic E-state index is 2.48. The number of hydrogen-bond acceptors (Lipinski definition) is 1. The number of rotatable bonds is 2. The molecule has 3 rings (SSSR count). The predicted octanol–water partition coefficient (Wildman–Crippen LogP) is 3.46. The molecule has 0 bridgehead atoms. The first kappa shape index (κ1) is 11.5. The average Bonchev–Trinajstić information content (AvgIpc) is 2.43. The van der Waals surface area contributed by atoms with Crippen LogP contribution in [0.25, 0.3) is 0 Å². The van der Waals surface area contributed by atoms with Crippen LogP contribution in [0.5, 0.6) is 0 Å². The van der Waals surface area contributed by atoms with Gasteiger partial charge < -0.3 is 0 Å². The van der Waals surface area contributed by atoms with Gasteiger partial charge in [0.2, 0.25) is 0 Å². The van der Waals surface area contributed by atoms with E-state index in [9.17, 15) is 0 Å². The molecule has 1 heteroatoms. The van der Waals surface area contributed by atoms with Crippen LogP contribution < -0.4 is 0 Å². The summed E-state index contributed by atoms with van der Waals surface area (Å²) in [6, 6.07) is 20.2. The number of likely N-dealkylation sites (N-methyl/N-ethyl adjacent to an activating group) is 1. The Hall–Kier alpha value is -1.60. The topological polar surface area (TPSA) is 3.24 Å². The lowest BCUT2D eigenvalue weighted by Crippen LogP contribution is -2.33. The van der Waals surface area contributed by atoms with E-state index in [0.717, 1.165) is 13.0 Å². The molecular weight excluding hydrogens is 218 g/mol. The van der Waals surface area contributed by atoms with Crippen LogP contribution in [0.2, 0.25) is 0 Å². The molecule has 2 aromatic rings. The molecule has 0 saturated heterocycles. The Kier molecular flexibility index (Phi) is 3.16. The van der Waals surface area contributed by atoms with E-state index < -0.39 is 0 Å². The summed E-state index contributed by atoms with van der Waals surface area (Å²) in [5.41, 5.74) is 4.46. The zero-order valence-electron chi connectivity index (χ0n) is 10.8. The van der Waals surface area contributed by atoms with Crippen molar-refractivity contribution in [1.29, 1.82) is 0 Å². The molecule has 0 spiro atoms. The lowest BCUT2D eigenvalue weighted by molar-refractivity contribution is 0.229. The van der Waals surface area contributed by atoms with Crippen molar-refractivity contribution in [1.82, 2.24) is 4.90 Å². The van der Waals surface area contributed by atoms with E-state index in [2.05, 4.69) is 66.5 Å². The summed E-state index contributed by atoms with van der Waals surface area (Å²) in [5, 5.41) is 0.